The van der Waals surface area contributed by atoms with Crippen molar-refractivity contribution in [3.05, 3.63) is 35.4 Å². The zero-order chi connectivity index (χ0) is 13.2. The molecule has 2 nitrogen and oxygen atoms in total. The van der Waals surface area contributed by atoms with Crippen LogP contribution in [0, 0.1) is 6.92 Å². The van der Waals surface area contributed by atoms with Gasteiger partial charge in [0, 0.05) is 12.6 Å². The summed E-state index contributed by atoms with van der Waals surface area (Å²) in [4.78, 5) is 0. The van der Waals surface area contributed by atoms with Crippen molar-refractivity contribution in [3.63, 3.8) is 0 Å². The first-order chi connectivity index (χ1) is 8.46. The van der Waals surface area contributed by atoms with Crippen molar-refractivity contribution in [2.45, 2.75) is 58.3 Å². The molecule has 2 heteroatoms. The molecule has 1 unspecified atom stereocenters. The highest BCUT2D eigenvalue weighted by atomic mass is 16.5. The molecule has 0 amide bonds. The van der Waals surface area contributed by atoms with Crippen LogP contribution in [-0.4, -0.2) is 18.2 Å². The van der Waals surface area contributed by atoms with E-state index in [4.69, 9.17) is 4.74 Å². The second-order valence-corrected chi connectivity index (χ2v) is 6.08. The van der Waals surface area contributed by atoms with Crippen LogP contribution in [0.1, 0.15) is 50.8 Å². The third-order valence-electron chi connectivity index (χ3n) is 3.75. The molecule has 1 aliphatic rings. The lowest BCUT2D eigenvalue weighted by molar-refractivity contribution is -0.0150. The van der Waals surface area contributed by atoms with Gasteiger partial charge in [0.2, 0.25) is 0 Å². The van der Waals surface area contributed by atoms with Gasteiger partial charge in [-0.15, -0.1) is 0 Å². The third kappa shape index (κ3) is 3.56. The van der Waals surface area contributed by atoms with Crippen molar-refractivity contribution in [2.24, 2.45) is 0 Å². The predicted octanol–water partition coefficient (Wildman–Crippen LogP) is 3.60. The smallest absolute Gasteiger partial charge is 0.0708 e. The molecular weight excluding hydrogens is 222 g/mol. The maximum Gasteiger partial charge on any atom is 0.0708 e. The normalized spacial score (nSPS) is 24.1. The van der Waals surface area contributed by atoms with Crippen LogP contribution in [0.3, 0.4) is 0 Å². The monoisotopic (exact) mass is 247 g/mol. The number of hydrogen-bond donors (Lipinski definition) is 1. The average Bonchev–Trinajstić information content (AvgIpc) is 2.66. The molecule has 0 aliphatic carbocycles. The van der Waals surface area contributed by atoms with Crippen molar-refractivity contribution in [3.8, 4) is 0 Å². The number of benzene rings is 1. The maximum absolute atomic E-state index is 6.00. The molecule has 1 aromatic rings. The summed E-state index contributed by atoms with van der Waals surface area (Å²) in [5, 5.41) is 3.58. The summed E-state index contributed by atoms with van der Waals surface area (Å²) < 4.78 is 6.00. The van der Waals surface area contributed by atoms with Gasteiger partial charge in [-0.2, -0.15) is 0 Å². The molecule has 1 N–H and O–H groups in total. The van der Waals surface area contributed by atoms with Gasteiger partial charge >= 0.3 is 0 Å². The summed E-state index contributed by atoms with van der Waals surface area (Å²) >= 11 is 0. The minimum Gasteiger partial charge on any atom is -0.371 e. The summed E-state index contributed by atoms with van der Waals surface area (Å²) in [6.07, 6.45) is 2.70. The molecule has 1 saturated heterocycles. The first kappa shape index (κ1) is 13.6. The van der Waals surface area contributed by atoms with E-state index >= 15 is 0 Å². The lowest BCUT2D eigenvalue weighted by Gasteiger charge is -2.21. The minimum atomic E-state index is 0.0684. The molecule has 100 valence electrons. The van der Waals surface area contributed by atoms with Crippen LogP contribution in [0.15, 0.2) is 24.3 Å². The fourth-order valence-electron chi connectivity index (χ4n) is 2.59. The summed E-state index contributed by atoms with van der Waals surface area (Å²) in [6.45, 7) is 9.65. The van der Waals surface area contributed by atoms with Gasteiger partial charge in [-0.25, -0.2) is 0 Å². The summed E-state index contributed by atoms with van der Waals surface area (Å²) in [6, 6.07) is 9.08. The Morgan fingerprint density at radius 1 is 1.44 bits per heavy atom. The first-order valence-corrected chi connectivity index (χ1v) is 6.94. The Bertz CT molecular complexity index is 400. The molecule has 1 fully saturated rings. The fraction of sp³-hybridized carbons (Fsp3) is 0.625. The molecule has 2 rings (SSSR count). The van der Waals surface area contributed by atoms with E-state index < -0.39 is 0 Å². The van der Waals surface area contributed by atoms with Crippen LogP contribution < -0.4 is 5.32 Å². The quantitative estimate of drug-likeness (QED) is 0.877. The Hall–Kier alpha value is -0.860. The Morgan fingerprint density at radius 3 is 2.83 bits per heavy atom. The third-order valence-corrected chi connectivity index (χ3v) is 3.75. The lowest BCUT2D eigenvalue weighted by atomic mass is 10.0. The van der Waals surface area contributed by atoms with E-state index in [1.165, 1.54) is 17.5 Å². The SMILES string of the molecule is Cc1cccc([C@@H](C)NCC2CCC(C)(C)O2)c1. The van der Waals surface area contributed by atoms with E-state index in [1.807, 2.05) is 0 Å². The van der Waals surface area contributed by atoms with Crippen molar-refractivity contribution in [1.82, 2.24) is 5.32 Å². The topological polar surface area (TPSA) is 21.3 Å². The number of aryl methyl sites for hydroxylation is 1. The van der Waals surface area contributed by atoms with Gasteiger partial charge in [0.1, 0.15) is 0 Å². The highest BCUT2D eigenvalue weighted by Crippen LogP contribution is 2.29. The fourth-order valence-corrected chi connectivity index (χ4v) is 2.59. The second-order valence-electron chi connectivity index (χ2n) is 6.08. The van der Waals surface area contributed by atoms with Gasteiger partial charge in [0.05, 0.1) is 11.7 Å². The van der Waals surface area contributed by atoms with Gasteiger partial charge in [-0.05, 0) is 46.1 Å². The van der Waals surface area contributed by atoms with Crippen molar-refractivity contribution < 1.29 is 4.74 Å². The van der Waals surface area contributed by atoms with Crippen LogP contribution in [-0.2, 0) is 4.74 Å². The molecule has 2 atom stereocenters. The second kappa shape index (κ2) is 5.41. The largest absolute Gasteiger partial charge is 0.371 e. The number of nitrogens with one attached hydrogen (secondary N) is 1. The van der Waals surface area contributed by atoms with Gasteiger partial charge in [-0.1, -0.05) is 29.8 Å². The van der Waals surface area contributed by atoms with Crippen LogP contribution in [0.5, 0.6) is 0 Å². The predicted molar refractivity (Wildman–Crippen MR) is 75.8 cm³/mol. The van der Waals surface area contributed by atoms with Gasteiger partial charge in [0.25, 0.3) is 0 Å². The molecule has 0 saturated carbocycles. The maximum atomic E-state index is 6.00. The number of rotatable bonds is 4. The molecular formula is C16H25NO. The molecule has 0 bridgehead atoms. The molecule has 1 aromatic carbocycles. The van der Waals surface area contributed by atoms with Crippen LogP contribution in [0.4, 0.5) is 0 Å². The molecule has 0 radical (unpaired) electrons. The summed E-state index contributed by atoms with van der Waals surface area (Å²) in [7, 11) is 0. The lowest BCUT2D eigenvalue weighted by Crippen LogP contribution is -2.31. The number of hydrogen-bond acceptors (Lipinski definition) is 2. The van der Waals surface area contributed by atoms with Crippen molar-refractivity contribution in [2.75, 3.05) is 6.54 Å². The molecule has 18 heavy (non-hydrogen) atoms. The van der Waals surface area contributed by atoms with Crippen LogP contribution >= 0.6 is 0 Å². The minimum absolute atomic E-state index is 0.0684. The van der Waals surface area contributed by atoms with E-state index in [2.05, 4.69) is 57.3 Å². The average molecular weight is 247 g/mol. The van der Waals surface area contributed by atoms with E-state index in [0.717, 1.165) is 13.0 Å². The van der Waals surface area contributed by atoms with Crippen molar-refractivity contribution in [1.29, 1.82) is 0 Å². The Balaban J connectivity index is 1.84. The van der Waals surface area contributed by atoms with Crippen LogP contribution in [0.25, 0.3) is 0 Å². The van der Waals surface area contributed by atoms with E-state index in [1.54, 1.807) is 0 Å². The number of ether oxygens (including phenoxy) is 1. The highest BCUT2D eigenvalue weighted by Gasteiger charge is 2.31. The van der Waals surface area contributed by atoms with E-state index in [-0.39, 0.29) is 5.60 Å². The summed E-state index contributed by atoms with van der Waals surface area (Å²) in [5.74, 6) is 0. The first-order valence-electron chi connectivity index (χ1n) is 6.94. The molecule has 1 heterocycles. The molecule has 0 spiro atoms. The van der Waals surface area contributed by atoms with Gasteiger partial charge < -0.3 is 10.1 Å². The Kier molecular flexibility index (Phi) is 4.08. The molecule has 0 aromatic heterocycles. The standard InChI is InChI=1S/C16H25NO/c1-12-6-5-7-14(10-12)13(2)17-11-15-8-9-16(3,4)18-15/h5-7,10,13,15,17H,8-9,11H2,1-4H3/t13-,15?/m1/s1. The Morgan fingerprint density at radius 2 is 2.22 bits per heavy atom. The zero-order valence-corrected chi connectivity index (χ0v) is 12.0. The highest BCUT2D eigenvalue weighted by molar-refractivity contribution is 5.24. The molecule has 1 aliphatic heterocycles. The Labute approximate surface area is 111 Å². The van der Waals surface area contributed by atoms with Gasteiger partial charge in [-0.3, -0.25) is 0 Å². The van der Waals surface area contributed by atoms with E-state index in [0.29, 0.717) is 12.1 Å². The summed E-state index contributed by atoms with van der Waals surface area (Å²) in [5.41, 5.74) is 2.74. The zero-order valence-electron chi connectivity index (χ0n) is 12.0. The van der Waals surface area contributed by atoms with Crippen LogP contribution in [0.2, 0.25) is 0 Å². The van der Waals surface area contributed by atoms with Crippen molar-refractivity contribution >= 4 is 0 Å². The van der Waals surface area contributed by atoms with E-state index in [9.17, 15) is 0 Å². The van der Waals surface area contributed by atoms with Gasteiger partial charge in [0.15, 0.2) is 0 Å².